The van der Waals surface area contributed by atoms with E-state index in [1.807, 2.05) is 24.3 Å². The predicted molar refractivity (Wildman–Crippen MR) is 84.6 cm³/mol. The Morgan fingerprint density at radius 2 is 2.09 bits per heavy atom. The lowest BCUT2D eigenvalue weighted by Crippen LogP contribution is -2.22. The Bertz CT molecular complexity index is 605. The molecule has 1 unspecified atom stereocenters. The van der Waals surface area contributed by atoms with Gasteiger partial charge in [0, 0.05) is 12.2 Å². The van der Waals surface area contributed by atoms with E-state index in [9.17, 15) is 0 Å². The molecule has 1 aromatic heterocycles. The summed E-state index contributed by atoms with van der Waals surface area (Å²) < 4.78 is 22.7. The summed E-state index contributed by atoms with van der Waals surface area (Å²) in [6, 6.07) is 7.63. The minimum atomic E-state index is -0.137. The van der Waals surface area contributed by atoms with Crippen molar-refractivity contribution in [3.63, 3.8) is 0 Å². The second kappa shape index (κ2) is 7.26. The van der Waals surface area contributed by atoms with Gasteiger partial charge in [-0.3, -0.25) is 0 Å². The van der Waals surface area contributed by atoms with Crippen LogP contribution in [0.5, 0.6) is 5.75 Å². The average molecular weight is 368 g/mol. The van der Waals surface area contributed by atoms with Gasteiger partial charge in [0.25, 0.3) is 0 Å². The lowest BCUT2D eigenvalue weighted by molar-refractivity contribution is -0.169. The van der Waals surface area contributed by atoms with Crippen molar-refractivity contribution in [2.75, 3.05) is 13.7 Å². The first kappa shape index (κ1) is 15.5. The maximum Gasteiger partial charge on any atom is 0.181 e. The Morgan fingerprint density at radius 1 is 1.27 bits per heavy atom. The molecule has 0 bridgehead atoms. The van der Waals surface area contributed by atoms with E-state index in [2.05, 4.69) is 21.1 Å². The highest BCUT2D eigenvalue weighted by Gasteiger charge is 2.19. The minimum Gasteiger partial charge on any atom is -0.497 e. The lowest BCUT2D eigenvalue weighted by atomic mass is 10.1. The van der Waals surface area contributed by atoms with Crippen LogP contribution in [-0.4, -0.2) is 25.2 Å². The molecule has 6 heteroatoms. The van der Waals surface area contributed by atoms with Gasteiger partial charge in [-0.25, -0.2) is 0 Å². The van der Waals surface area contributed by atoms with Crippen molar-refractivity contribution in [1.82, 2.24) is 5.16 Å². The molecule has 0 spiro atoms. The standard InChI is InChI=1S/C16H18BrNO4/c1-19-12-7-5-11(6-8-12)16-15(17)13(18-22-16)10-21-14-4-2-3-9-20-14/h5-8,14H,2-4,9-10H2,1H3. The van der Waals surface area contributed by atoms with Crippen molar-refractivity contribution < 1.29 is 18.7 Å². The van der Waals surface area contributed by atoms with Gasteiger partial charge in [0.1, 0.15) is 11.4 Å². The Morgan fingerprint density at radius 3 is 2.77 bits per heavy atom. The Balaban J connectivity index is 1.68. The maximum absolute atomic E-state index is 5.74. The van der Waals surface area contributed by atoms with E-state index >= 15 is 0 Å². The normalized spacial score (nSPS) is 18.4. The van der Waals surface area contributed by atoms with Gasteiger partial charge >= 0.3 is 0 Å². The highest BCUT2D eigenvalue weighted by Crippen LogP contribution is 2.32. The maximum atomic E-state index is 5.74. The minimum absolute atomic E-state index is 0.137. The predicted octanol–water partition coefficient (Wildman–Crippen LogP) is 4.16. The van der Waals surface area contributed by atoms with E-state index in [1.165, 1.54) is 0 Å². The SMILES string of the molecule is COc1ccc(-c2onc(COC3CCCCO3)c2Br)cc1. The second-order valence-corrected chi connectivity index (χ2v) is 5.90. The van der Waals surface area contributed by atoms with Gasteiger partial charge < -0.3 is 18.7 Å². The smallest absolute Gasteiger partial charge is 0.181 e. The van der Waals surface area contributed by atoms with Crippen molar-refractivity contribution in [3.05, 3.63) is 34.4 Å². The number of rotatable bonds is 5. The molecule has 0 saturated carbocycles. The fourth-order valence-corrected chi connectivity index (χ4v) is 2.83. The first-order valence-electron chi connectivity index (χ1n) is 7.29. The molecule has 1 aliphatic heterocycles. The van der Waals surface area contributed by atoms with Crippen LogP contribution in [0.1, 0.15) is 25.0 Å². The van der Waals surface area contributed by atoms with Crippen LogP contribution in [0.2, 0.25) is 0 Å². The molecule has 1 saturated heterocycles. The van der Waals surface area contributed by atoms with Gasteiger partial charge in [-0.1, -0.05) is 5.16 Å². The third-order valence-electron chi connectivity index (χ3n) is 3.60. The molecule has 0 radical (unpaired) electrons. The van der Waals surface area contributed by atoms with Crippen molar-refractivity contribution in [1.29, 1.82) is 0 Å². The van der Waals surface area contributed by atoms with Crippen LogP contribution in [0.25, 0.3) is 11.3 Å². The fourth-order valence-electron chi connectivity index (χ4n) is 2.34. The van der Waals surface area contributed by atoms with Crippen LogP contribution >= 0.6 is 15.9 Å². The zero-order valence-electron chi connectivity index (χ0n) is 12.4. The van der Waals surface area contributed by atoms with Gasteiger partial charge in [0.05, 0.1) is 18.2 Å². The summed E-state index contributed by atoms with van der Waals surface area (Å²) in [5.41, 5.74) is 1.67. The largest absolute Gasteiger partial charge is 0.497 e. The van der Waals surface area contributed by atoms with Crippen LogP contribution < -0.4 is 4.74 Å². The third kappa shape index (κ3) is 3.51. The van der Waals surface area contributed by atoms with Crippen molar-refractivity contribution in [3.8, 4) is 17.1 Å². The number of methoxy groups -OCH3 is 1. The Kier molecular flexibility index (Phi) is 5.12. The van der Waals surface area contributed by atoms with E-state index in [0.29, 0.717) is 12.4 Å². The molecule has 0 aliphatic carbocycles. The number of aromatic nitrogens is 1. The van der Waals surface area contributed by atoms with Gasteiger partial charge in [-0.2, -0.15) is 0 Å². The molecule has 1 aliphatic rings. The number of hydrogen-bond donors (Lipinski definition) is 0. The number of nitrogens with zero attached hydrogens (tertiary/aromatic N) is 1. The second-order valence-electron chi connectivity index (χ2n) is 5.11. The summed E-state index contributed by atoms with van der Waals surface area (Å²) >= 11 is 3.54. The highest BCUT2D eigenvalue weighted by atomic mass is 79.9. The lowest BCUT2D eigenvalue weighted by Gasteiger charge is -2.22. The first-order valence-corrected chi connectivity index (χ1v) is 8.09. The molecule has 2 heterocycles. The molecule has 2 aromatic rings. The van der Waals surface area contributed by atoms with E-state index in [1.54, 1.807) is 7.11 Å². The van der Waals surface area contributed by atoms with E-state index in [0.717, 1.165) is 47.3 Å². The fraction of sp³-hybridized carbons (Fsp3) is 0.438. The van der Waals surface area contributed by atoms with Crippen molar-refractivity contribution in [2.45, 2.75) is 32.2 Å². The van der Waals surface area contributed by atoms with Crippen molar-refractivity contribution in [2.24, 2.45) is 0 Å². The van der Waals surface area contributed by atoms with Crippen LogP contribution in [0.3, 0.4) is 0 Å². The number of ether oxygens (including phenoxy) is 3. The first-order chi connectivity index (χ1) is 10.8. The molecule has 0 amide bonds. The molecular formula is C16H18BrNO4. The van der Waals surface area contributed by atoms with Gasteiger partial charge in [-0.15, -0.1) is 0 Å². The van der Waals surface area contributed by atoms with E-state index < -0.39 is 0 Å². The van der Waals surface area contributed by atoms with Crippen LogP contribution in [0.15, 0.2) is 33.3 Å². The third-order valence-corrected chi connectivity index (χ3v) is 4.41. The van der Waals surface area contributed by atoms with Gasteiger partial charge in [0.2, 0.25) is 0 Å². The zero-order valence-corrected chi connectivity index (χ0v) is 14.0. The molecule has 1 fully saturated rings. The molecule has 3 rings (SSSR count). The number of halogens is 1. The van der Waals surface area contributed by atoms with Crippen molar-refractivity contribution >= 4 is 15.9 Å². The summed E-state index contributed by atoms with van der Waals surface area (Å²) in [6.07, 6.45) is 3.04. The van der Waals surface area contributed by atoms with Crippen LogP contribution in [0, 0.1) is 0 Å². The Labute approximate surface area is 137 Å². The summed E-state index contributed by atoms with van der Waals surface area (Å²) in [5.74, 6) is 1.49. The number of benzene rings is 1. The van der Waals surface area contributed by atoms with E-state index in [-0.39, 0.29) is 6.29 Å². The Hall–Kier alpha value is -1.37. The summed E-state index contributed by atoms with van der Waals surface area (Å²) in [5, 5.41) is 4.09. The van der Waals surface area contributed by atoms with E-state index in [4.69, 9.17) is 18.7 Å². The molecule has 5 nitrogen and oxygen atoms in total. The zero-order chi connectivity index (χ0) is 15.4. The summed E-state index contributed by atoms with van der Waals surface area (Å²) in [6.45, 7) is 1.13. The summed E-state index contributed by atoms with van der Waals surface area (Å²) in [4.78, 5) is 0. The topological polar surface area (TPSA) is 53.7 Å². The summed E-state index contributed by atoms with van der Waals surface area (Å²) in [7, 11) is 1.64. The van der Waals surface area contributed by atoms with Gasteiger partial charge in [-0.05, 0) is 59.5 Å². The van der Waals surface area contributed by atoms with Gasteiger partial charge in [0.15, 0.2) is 12.1 Å². The van der Waals surface area contributed by atoms with Crippen LogP contribution in [0.4, 0.5) is 0 Å². The quantitative estimate of drug-likeness (QED) is 0.794. The molecule has 22 heavy (non-hydrogen) atoms. The van der Waals surface area contributed by atoms with Crippen LogP contribution in [-0.2, 0) is 16.1 Å². The monoisotopic (exact) mass is 367 g/mol. The molecule has 1 atom stereocenters. The molecule has 1 aromatic carbocycles. The molecular weight excluding hydrogens is 350 g/mol. The molecule has 0 N–H and O–H groups in total. The average Bonchev–Trinajstić information content (AvgIpc) is 2.95. The highest BCUT2D eigenvalue weighted by molar-refractivity contribution is 9.10. The number of hydrogen-bond acceptors (Lipinski definition) is 5. The molecule has 118 valence electrons.